The van der Waals surface area contributed by atoms with Crippen LogP contribution in [-0.2, 0) is 4.79 Å². The topological polar surface area (TPSA) is 71.0 Å². The van der Waals surface area contributed by atoms with Crippen LogP contribution in [-0.4, -0.2) is 41.4 Å². The van der Waals surface area contributed by atoms with E-state index < -0.39 is 6.03 Å². The third-order valence-electron chi connectivity index (χ3n) is 2.61. The zero-order valence-corrected chi connectivity index (χ0v) is 12.1. The Hall–Kier alpha value is -2.02. The van der Waals surface area contributed by atoms with E-state index >= 15 is 0 Å². The number of urea groups is 1. The highest BCUT2D eigenvalue weighted by Crippen LogP contribution is 2.24. The first-order valence-corrected chi connectivity index (χ1v) is 7.11. The summed E-state index contributed by atoms with van der Waals surface area (Å²) in [6, 6.07) is 6.60. The van der Waals surface area contributed by atoms with Gasteiger partial charge in [0.1, 0.15) is 5.75 Å². The highest BCUT2D eigenvalue weighted by molar-refractivity contribution is 8.15. The van der Waals surface area contributed by atoms with E-state index in [1.54, 1.807) is 25.2 Å². The summed E-state index contributed by atoms with van der Waals surface area (Å²) in [7, 11) is 1.60. The highest BCUT2D eigenvalue weighted by atomic mass is 32.2. The van der Waals surface area contributed by atoms with E-state index in [0.29, 0.717) is 29.0 Å². The standard InChI is InChI=1S/C13H15N3O3S/c1-3-19-10-7-5-4-6-9(10)14-12(18)15-13-16(2)11(17)8-20-13/h4-7H,3,8H2,1-2H3,(H,14,18)/b15-13-. The van der Waals surface area contributed by atoms with Crippen LogP contribution in [0.3, 0.4) is 0 Å². The van der Waals surface area contributed by atoms with Crippen molar-refractivity contribution in [2.75, 3.05) is 24.7 Å². The van der Waals surface area contributed by atoms with Crippen molar-refractivity contribution < 1.29 is 14.3 Å². The van der Waals surface area contributed by atoms with Crippen LogP contribution < -0.4 is 10.1 Å². The van der Waals surface area contributed by atoms with E-state index in [0.717, 1.165) is 0 Å². The zero-order valence-electron chi connectivity index (χ0n) is 11.3. The number of amides is 3. The number of nitrogens with zero attached hydrogens (tertiary/aromatic N) is 2. The van der Waals surface area contributed by atoms with Crippen LogP contribution in [0.4, 0.5) is 10.5 Å². The lowest BCUT2D eigenvalue weighted by Gasteiger charge is -2.10. The molecule has 0 atom stereocenters. The van der Waals surface area contributed by atoms with Gasteiger partial charge in [0.05, 0.1) is 18.0 Å². The normalized spacial score (nSPS) is 16.6. The molecule has 3 amide bonds. The largest absolute Gasteiger partial charge is 0.492 e. The quantitative estimate of drug-likeness (QED) is 0.927. The summed E-state index contributed by atoms with van der Waals surface area (Å²) in [6.45, 7) is 2.38. The number of hydrogen-bond donors (Lipinski definition) is 1. The fourth-order valence-electron chi connectivity index (χ4n) is 1.62. The highest BCUT2D eigenvalue weighted by Gasteiger charge is 2.25. The Morgan fingerprint density at radius 1 is 1.50 bits per heavy atom. The lowest BCUT2D eigenvalue weighted by Crippen LogP contribution is -2.25. The average Bonchev–Trinajstić information content (AvgIpc) is 2.73. The third kappa shape index (κ3) is 3.30. The summed E-state index contributed by atoms with van der Waals surface area (Å²) in [6.07, 6.45) is 0. The van der Waals surface area contributed by atoms with Crippen molar-refractivity contribution in [1.29, 1.82) is 0 Å². The summed E-state index contributed by atoms with van der Waals surface area (Å²) >= 11 is 1.25. The molecule has 0 bridgehead atoms. The minimum absolute atomic E-state index is 0.0590. The molecule has 0 spiro atoms. The molecule has 2 rings (SSSR count). The Morgan fingerprint density at radius 3 is 2.90 bits per heavy atom. The van der Waals surface area contributed by atoms with Crippen LogP contribution in [0.5, 0.6) is 5.75 Å². The van der Waals surface area contributed by atoms with Crippen molar-refractivity contribution in [1.82, 2.24) is 4.90 Å². The van der Waals surface area contributed by atoms with Crippen molar-refractivity contribution in [3.8, 4) is 5.75 Å². The van der Waals surface area contributed by atoms with Gasteiger partial charge in [-0.1, -0.05) is 23.9 Å². The zero-order chi connectivity index (χ0) is 14.5. The van der Waals surface area contributed by atoms with Gasteiger partial charge in [0.25, 0.3) is 0 Å². The number of aliphatic imine (C=N–C) groups is 1. The number of anilines is 1. The van der Waals surface area contributed by atoms with E-state index in [1.165, 1.54) is 16.7 Å². The van der Waals surface area contributed by atoms with Gasteiger partial charge in [-0.3, -0.25) is 9.69 Å². The average molecular weight is 293 g/mol. The first kappa shape index (κ1) is 14.4. The van der Waals surface area contributed by atoms with Crippen LogP contribution >= 0.6 is 11.8 Å². The number of nitrogens with one attached hydrogen (secondary N) is 1. The molecule has 1 aromatic rings. The molecule has 0 unspecified atom stereocenters. The Bertz CT molecular complexity index is 560. The first-order valence-electron chi connectivity index (χ1n) is 6.12. The van der Waals surface area contributed by atoms with Crippen LogP contribution in [0.15, 0.2) is 29.3 Å². The Balaban J connectivity index is 2.09. The number of thioether (sulfide) groups is 1. The molecule has 0 saturated carbocycles. The van der Waals surface area contributed by atoms with Gasteiger partial charge in [-0.2, -0.15) is 4.99 Å². The van der Waals surface area contributed by atoms with Gasteiger partial charge < -0.3 is 10.1 Å². The van der Waals surface area contributed by atoms with Crippen molar-refractivity contribution in [3.63, 3.8) is 0 Å². The van der Waals surface area contributed by atoms with Gasteiger partial charge in [-0.05, 0) is 19.1 Å². The second-order valence-electron chi connectivity index (χ2n) is 4.00. The van der Waals surface area contributed by atoms with Crippen LogP contribution in [0.1, 0.15) is 6.92 Å². The molecular weight excluding hydrogens is 278 g/mol. The Labute approximate surface area is 121 Å². The van der Waals surface area contributed by atoms with Crippen LogP contribution in [0, 0.1) is 0 Å². The molecule has 106 valence electrons. The summed E-state index contributed by atoms with van der Waals surface area (Å²) in [5, 5.41) is 3.06. The maximum Gasteiger partial charge on any atom is 0.347 e. The Morgan fingerprint density at radius 2 is 2.25 bits per heavy atom. The third-order valence-corrected chi connectivity index (χ3v) is 3.63. The van der Waals surface area contributed by atoms with Gasteiger partial charge >= 0.3 is 6.03 Å². The molecule has 7 heteroatoms. The minimum atomic E-state index is -0.527. The lowest BCUT2D eigenvalue weighted by atomic mass is 10.3. The fraction of sp³-hybridized carbons (Fsp3) is 0.308. The number of ether oxygens (including phenoxy) is 1. The smallest absolute Gasteiger partial charge is 0.347 e. The van der Waals surface area contributed by atoms with Crippen LogP contribution in [0.2, 0.25) is 0 Å². The number of hydrogen-bond acceptors (Lipinski definition) is 4. The summed E-state index contributed by atoms with van der Waals surface area (Å²) < 4.78 is 5.41. The molecule has 1 saturated heterocycles. The lowest BCUT2D eigenvalue weighted by molar-refractivity contribution is -0.123. The van der Waals surface area contributed by atoms with E-state index in [9.17, 15) is 9.59 Å². The monoisotopic (exact) mass is 293 g/mol. The molecule has 0 aromatic heterocycles. The van der Waals surface area contributed by atoms with Crippen molar-refractivity contribution >= 4 is 34.6 Å². The Kier molecular flexibility index (Phi) is 4.62. The van der Waals surface area contributed by atoms with E-state index in [2.05, 4.69) is 10.3 Å². The summed E-state index contributed by atoms with van der Waals surface area (Å²) in [5.74, 6) is 0.848. The van der Waals surface area contributed by atoms with Gasteiger partial charge in [0.2, 0.25) is 5.91 Å². The number of benzene rings is 1. The van der Waals surface area contributed by atoms with E-state index in [1.807, 2.05) is 13.0 Å². The second kappa shape index (κ2) is 6.42. The van der Waals surface area contributed by atoms with Gasteiger partial charge in [0.15, 0.2) is 5.17 Å². The van der Waals surface area contributed by atoms with Gasteiger partial charge in [-0.15, -0.1) is 0 Å². The van der Waals surface area contributed by atoms with Crippen molar-refractivity contribution in [2.45, 2.75) is 6.92 Å². The van der Waals surface area contributed by atoms with Gasteiger partial charge in [0, 0.05) is 7.05 Å². The summed E-state index contributed by atoms with van der Waals surface area (Å²) in [4.78, 5) is 28.5. The molecule has 1 heterocycles. The molecule has 20 heavy (non-hydrogen) atoms. The molecule has 1 N–H and O–H groups in total. The van der Waals surface area contributed by atoms with Crippen molar-refractivity contribution in [3.05, 3.63) is 24.3 Å². The molecule has 1 fully saturated rings. The van der Waals surface area contributed by atoms with Crippen molar-refractivity contribution in [2.24, 2.45) is 4.99 Å². The van der Waals surface area contributed by atoms with Crippen LogP contribution in [0.25, 0.3) is 0 Å². The number of carbonyl (C=O) groups is 2. The SMILES string of the molecule is CCOc1ccccc1NC(=O)/N=C1\SCC(=O)N1C. The summed E-state index contributed by atoms with van der Waals surface area (Å²) in [5.41, 5.74) is 0.556. The molecule has 1 aromatic carbocycles. The maximum absolute atomic E-state index is 11.9. The molecule has 1 aliphatic heterocycles. The molecule has 1 aliphatic rings. The van der Waals surface area contributed by atoms with Gasteiger partial charge in [-0.25, -0.2) is 4.79 Å². The first-order chi connectivity index (χ1) is 9.61. The number of para-hydroxylation sites is 2. The van der Waals surface area contributed by atoms with E-state index in [4.69, 9.17) is 4.74 Å². The predicted molar refractivity (Wildman–Crippen MR) is 79.3 cm³/mol. The number of rotatable bonds is 3. The maximum atomic E-state index is 11.9. The number of amidine groups is 1. The molecule has 0 aliphatic carbocycles. The molecule has 0 radical (unpaired) electrons. The minimum Gasteiger partial charge on any atom is -0.492 e. The second-order valence-corrected chi connectivity index (χ2v) is 4.94. The molecule has 6 nitrogen and oxygen atoms in total. The predicted octanol–water partition coefficient (Wildman–Crippen LogP) is 2.18. The fourth-order valence-corrected chi connectivity index (χ4v) is 2.50. The van der Waals surface area contributed by atoms with E-state index in [-0.39, 0.29) is 5.91 Å². The molecular formula is C13H15N3O3S. The number of carbonyl (C=O) groups excluding carboxylic acids is 2.